The molecule has 1 saturated heterocycles. The monoisotopic (exact) mass is 534 g/mol. The molecule has 0 bridgehead atoms. The minimum absolute atomic E-state index is 0.0752. The van der Waals surface area contributed by atoms with E-state index >= 15 is 0 Å². The third-order valence-electron chi connectivity index (χ3n) is 3.98. The van der Waals surface area contributed by atoms with Crippen LogP contribution in [0.25, 0.3) is 0 Å². The molecular weight excluding hydrogens is 516 g/mol. The molecule has 1 aromatic heterocycles. The number of hydrogen-bond donors (Lipinski definition) is 5. The maximum atomic E-state index is 12.7. The summed E-state index contributed by atoms with van der Waals surface area (Å²) in [5.41, 5.74) is 5.58. The van der Waals surface area contributed by atoms with Gasteiger partial charge in [0.2, 0.25) is 0 Å². The lowest BCUT2D eigenvalue weighted by molar-refractivity contribution is -0.150. The summed E-state index contributed by atoms with van der Waals surface area (Å²) < 4.78 is 25.2. The Bertz CT molecular complexity index is 1200. The van der Waals surface area contributed by atoms with E-state index in [-0.39, 0.29) is 22.2 Å². The number of thioether (sulfide) groups is 1. The van der Waals surface area contributed by atoms with E-state index in [1.807, 2.05) is 0 Å². The smallest absolute Gasteiger partial charge is 0.352 e. The number of nitrogens with two attached hydrogens (primary N) is 2. The number of allylic oxidation sites excluding steroid dienone is 1. The number of carbonyl (C=O) groups excluding carboxylic acids is 3. The number of thiazole rings is 1. The van der Waals surface area contributed by atoms with Gasteiger partial charge in [0.15, 0.2) is 10.8 Å². The molecule has 0 spiro atoms. The van der Waals surface area contributed by atoms with E-state index in [0.29, 0.717) is 11.3 Å². The molecule has 0 aromatic carbocycles. The minimum atomic E-state index is -4.17. The third kappa shape index (κ3) is 6.60. The fourth-order valence-electron chi connectivity index (χ4n) is 2.72. The Labute approximate surface area is 200 Å². The van der Waals surface area contributed by atoms with Crippen LogP contribution < -0.4 is 16.2 Å². The Morgan fingerprint density at radius 3 is 2.53 bits per heavy atom. The maximum absolute atomic E-state index is 12.7. The van der Waals surface area contributed by atoms with Crippen LogP contribution in [0, 0.1) is 0 Å². The van der Waals surface area contributed by atoms with Crippen molar-refractivity contribution in [2.75, 3.05) is 11.5 Å². The molecular formula is C16H18N6O9S3. The molecule has 7 N–H and O–H groups in total. The highest BCUT2D eigenvalue weighted by molar-refractivity contribution is 8.00. The first-order valence-electron chi connectivity index (χ1n) is 8.81. The molecule has 0 unspecified atom stereocenters. The van der Waals surface area contributed by atoms with Crippen molar-refractivity contribution in [2.45, 2.75) is 18.3 Å². The lowest BCUT2D eigenvalue weighted by atomic mass is 10.0. The average molecular weight is 535 g/mol. The molecule has 34 heavy (non-hydrogen) atoms. The summed E-state index contributed by atoms with van der Waals surface area (Å²) in [6.07, 6.45) is 1.39. The van der Waals surface area contributed by atoms with Crippen LogP contribution in [0.3, 0.4) is 0 Å². The fraction of sp³-hybridized carbons (Fsp3) is 0.250. The molecule has 0 radical (unpaired) electrons. The van der Waals surface area contributed by atoms with Crippen molar-refractivity contribution in [1.82, 2.24) is 15.2 Å². The first-order chi connectivity index (χ1) is 15.7. The van der Waals surface area contributed by atoms with E-state index in [0.717, 1.165) is 23.2 Å². The van der Waals surface area contributed by atoms with E-state index in [9.17, 15) is 24.3 Å². The standard InChI is InChI=1S/C16H15N5O6S2.H3NO3S/c1-3-7-4-28-14-10(13(24)21(14)11(7)15(25)26)19-12(23)9(20-27-6(2)22)8-5-29-16(17)18-8;1-5(2,3)4/h3,5,10,14H,1,4H2,2H3,(H2,17,18)(H,19,23)(H,25,26);(H3,1,2,3,4)/b20-9+;/t10-,14-;/m1./s1. The van der Waals surface area contributed by atoms with Crippen molar-refractivity contribution < 1.29 is 42.1 Å². The molecule has 15 nitrogen and oxygen atoms in total. The number of aromatic nitrogens is 1. The second-order valence-electron chi connectivity index (χ2n) is 6.35. The van der Waals surface area contributed by atoms with Crippen LogP contribution >= 0.6 is 23.1 Å². The number of amides is 2. The maximum Gasteiger partial charge on any atom is 0.352 e. The molecule has 1 aromatic rings. The predicted molar refractivity (Wildman–Crippen MR) is 120 cm³/mol. The molecule has 0 aliphatic carbocycles. The predicted octanol–water partition coefficient (Wildman–Crippen LogP) is -1.33. The van der Waals surface area contributed by atoms with Crippen molar-refractivity contribution in [3.05, 3.63) is 35.0 Å². The van der Waals surface area contributed by atoms with Crippen LogP contribution in [0.5, 0.6) is 0 Å². The van der Waals surface area contributed by atoms with Crippen LogP contribution in [-0.2, 0) is 34.3 Å². The number of anilines is 1. The second-order valence-corrected chi connectivity index (χ2v) is 9.38. The molecule has 18 heteroatoms. The van der Waals surface area contributed by atoms with E-state index in [2.05, 4.69) is 32.0 Å². The zero-order valence-electron chi connectivity index (χ0n) is 17.2. The summed E-state index contributed by atoms with van der Waals surface area (Å²) in [5, 5.41) is 20.3. The number of carboxylic acid groups (broad SMARTS) is 1. The quantitative estimate of drug-likeness (QED) is 0.0936. The van der Waals surface area contributed by atoms with E-state index in [1.165, 1.54) is 23.2 Å². The largest absolute Gasteiger partial charge is 0.477 e. The van der Waals surface area contributed by atoms with Gasteiger partial charge in [-0.15, -0.1) is 23.1 Å². The van der Waals surface area contributed by atoms with E-state index in [1.54, 1.807) is 0 Å². The summed E-state index contributed by atoms with van der Waals surface area (Å²) in [7, 11) is -4.17. The number of rotatable bonds is 6. The normalized spacial score (nSPS) is 19.8. The van der Waals surface area contributed by atoms with Crippen molar-refractivity contribution in [1.29, 1.82) is 0 Å². The number of nitrogen functional groups attached to an aromatic ring is 1. The fourth-order valence-corrected chi connectivity index (χ4v) is 4.61. The molecule has 0 saturated carbocycles. The van der Waals surface area contributed by atoms with Crippen molar-refractivity contribution in [2.24, 2.45) is 10.3 Å². The highest BCUT2D eigenvalue weighted by Crippen LogP contribution is 2.40. The van der Waals surface area contributed by atoms with Gasteiger partial charge in [0.25, 0.3) is 11.8 Å². The Balaban J connectivity index is 0.000000739. The topological polar surface area (TPSA) is 245 Å². The molecule has 2 amide bonds. The SMILES string of the molecule is C=CC1=C(C(=O)O)N2C(=O)[C@@H](NC(=O)/C(=N/OC(C)=O)c3csc(N)n3)[C@H]2SC1.NS(=O)(=O)O. The first kappa shape index (κ1) is 26.9. The molecule has 1 fully saturated rings. The Hall–Kier alpha value is -3.32. The minimum Gasteiger partial charge on any atom is -0.477 e. The number of carbonyl (C=O) groups is 4. The summed E-state index contributed by atoms with van der Waals surface area (Å²) in [4.78, 5) is 57.4. The van der Waals surface area contributed by atoms with Gasteiger partial charge in [0.1, 0.15) is 22.8 Å². The molecule has 3 rings (SSSR count). The lowest BCUT2D eigenvalue weighted by Crippen LogP contribution is -2.71. The first-order valence-corrected chi connectivity index (χ1v) is 12.2. The average Bonchev–Trinajstić information content (AvgIpc) is 3.15. The molecule has 2 aliphatic heterocycles. The molecule has 2 aliphatic rings. The number of β-lactam (4-membered cyclic amide) rings is 1. The van der Waals surface area contributed by atoms with Crippen molar-refractivity contribution in [3.63, 3.8) is 0 Å². The van der Waals surface area contributed by atoms with Crippen LogP contribution in [0.2, 0.25) is 0 Å². The van der Waals surface area contributed by atoms with E-state index in [4.69, 9.17) is 18.7 Å². The van der Waals surface area contributed by atoms with Crippen molar-refractivity contribution in [3.8, 4) is 0 Å². The zero-order chi connectivity index (χ0) is 25.8. The van der Waals surface area contributed by atoms with Gasteiger partial charge in [-0.25, -0.2) is 19.7 Å². The highest BCUT2D eigenvalue weighted by Gasteiger charge is 2.54. The summed E-state index contributed by atoms with van der Waals surface area (Å²) >= 11 is 2.34. The Morgan fingerprint density at radius 1 is 1.44 bits per heavy atom. The van der Waals surface area contributed by atoms with Gasteiger partial charge in [0.05, 0.1) is 0 Å². The van der Waals surface area contributed by atoms with Gasteiger partial charge in [-0.1, -0.05) is 17.8 Å². The highest BCUT2D eigenvalue weighted by atomic mass is 32.2. The Morgan fingerprint density at radius 2 is 2.06 bits per heavy atom. The number of oxime groups is 1. The van der Waals surface area contributed by atoms with Gasteiger partial charge in [-0.05, 0) is 5.57 Å². The van der Waals surface area contributed by atoms with Gasteiger partial charge in [-0.3, -0.25) is 19.0 Å². The molecule has 184 valence electrons. The van der Waals surface area contributed by atoms with Crippen molar-refractivity contribution >= 4 is 68.0 Å². The van der Waals surface area contributed by atoms with Gasteiger partial charge in [-0.2, -0.15) is 8.42 Å². The van der Waals surface area contributed by atoms with Crippen LogP contribution in [0.1, 0.15) is 12.6 Å². The lowest BCUT2D eigenvalue weighted by Gasteiger charge is -2.49. The number of carboxylic acids is 1. The number of aliphatic carboxylic acids is 1. The number of nitrogens with one attached hydrogen (secondary N) is 1. The number of nitrogens with zero attached hydrogens (tertiary/aromatic N) is 3. The third-order valence-corrected chi connectivity index (χ3v) is 5.95. The summed E-state index contributed by atoms with van der Waals surface area (Å²) in [5.74, 6) is -3.08. The number of hydrogen-bond acceptors (Lipinski definition) is 12. The summed E-state index contributed by atoms with van der Waals surface area (Å²) in [6.45, 7) is 4.68. The number of fused-ring (bicyclic) bond motifs is 1. The zero-order valence-corrected chi connectivity index (χ0v) is 19.6. The van der Waals surface area contributed by atoms with Gasteiger partial charge in [0, 0.05) is 18.1 Å². The summed E-state index contributed by atoms with van der Waals surface area (Å²) in [6, 6.07) is -0.980. The van der Waals surface area contributed by atoms with Gasteiger partial charge < -0.3 is 21.0 Å². The Kier molecular flexibility index (Phi) is 8.51. The second kappa shape index (κ2) is 10.7. The van der Waals surface area contributed by atoms with Gasteiger partial charge >= 0.3 is 22.2 Å². The molecule has 2 atom stereocenters. The van der Waals surface area contributed by atoms with Crippen LogP contribution in [0.4, 0.5) is 5.13 Å². The van der Waals surface area contributed by atoms with Crippen LogP contribution in [-0.4, -0.2) is 74.6 Å². The van der Waals surface area contributed by atoms with Crippen LogP contribution in [0.15, 0.2) is 34.5 Å². The van der Waals surface area contributed by atoms with E-state index < -0.39 is 45.5 Å². The molecule has 3 heterocycles.